The van der Waals surface area contributed by atoms with Crippen molar-refractivity contribution in [3.63, 3.8) is 0 Å². The Kier molecular flexibility index (Phi) is 10.8. The highest BCUT2D eigenvalue weighted by Gasteiger charge is 2.38. The van der Waals surface area contributed by atoms with Gasteiger partial charge in [-0.25, -0.2) is 0 Å². The van der Waals surface area contributed by atoms with Crippen molar-refractivity contribution in [3.05, 3.63) is 0 Å². The number of thioether (sulfide) groups is 1. The highest BCUT2D eigenvalue weighted by atomic mass is 32.2. The van der Waals surface area contributed by atoms with E-state index in [-0.39, 0.29) is 54.2 Å². The molecule has 0 saturated carbocycles. The summed E-state index contributed by atoms with van der Waals surface area (Å²) in [7, 11) is 0. The van der Waals surface area contributed by atoms with Crippen molar-refractivity contribution in [2.75, 3.05) is 18.8 Å². The minimum atomic E-state index is -0.367. The van der Waals surface area contributed by atoms with E-state index in [1.165, 1.54) is 16.7 Å². The van der Waals surface area contributed by atoms with E-state index in [0.717, 1.165) is 25.0 Å². The first-order chi connectivity index (χ1) is 13.2. The summed E-state index contributed by atoms with van der Waals surface area (Å²) in [5.41, 5.74) is 5.81. The Balaban J connectivity index is 2.21. The molecule has 0 spiro atoms. The number of primary amides is 1. The lowest BCUT2D eigenvalue weighted by Crippen LogP contribution is -2.35. The zero-order chi connectivity index (χ0) is 21.1. The molecule has 0 aromatic heterocycles. The van der Waals surface area contributed by atoms with Crippen LogP contribution in [0.15, 0.2) is 0 Å². The fraction of sp³-hybridized carbons (Fsp3) is 0.737. The number of carbonyl (C=O) groups excluding carboxylic acids is 4. The van der Waals surface area contributed by atoms with Crippen LogP contribution in [0.4, 0.5) is 0 Å². The van der Waals surface area contributed by atoms with Gasteiger partial charge in [0.15, 0.2) is 0 Å². The van der Waals surface area contributed by atoms with E-state index in [0.29, 0.717) is 25.1 Å². The van der Waals surface area contributed by atoms with Crippen LogP contribution in [0.5, 0.6) is 0 Å². The smallest absolute Gasteiger partial charge is 0.242 e. The number of hydrogen-bond acceptors (Lipinski definition) is 6. The molecule has 4 amide bonds. The first kappa shape index (κ1) is 24.1. The van der Waals surface area contributed by atoms with Gasteiger partial charge in [0.05, 0.1) is 5.25 Å². The van der Waals surface area contributed by atoms with Gasteiger partial charge in [-0.1, -0.05) is 13.3 Å². The fourth-order valence-corrected chi connectivity index (χ4v) is 3.95. The molecule has 0 radical (unpaired) electrons. The van der Waals surface area contributed by atoms with E-state index in [2.05, 4.69) is 5.32 Å². The summed E-state index contributed by atoms with van der Waals surface area (Å²) < 4.78 is 0. The van der Waals surface area contributed by atoms with Gasteiger partial charge >= 0.3 is 0 Å². The van der Waals surface area contributed by atoms with Crippen LogP contribution in [0.1, 0.15) is 58.8 Å². The molecule has 1 unspecified atom stereocenters. The summed E-state index contributed by atoms with van der Waals surface area (Å²) >= 11 is 1.46. The highest BCUT2D eigenvalue weighted by Crippen LogP contribution is 2.26. The number of rotatable bonds is 14. The molecule has 0 aromatic carbocycles. The van der Waals surface area contributed by atoms with Crippen molar-refractivity contribution in [2.45, 2.75) is 64.0 Å². The lowest BCUT2D eigenvalue weighted by molar-refractivity contribution is -0.138. The zero-order valence-electron chi connectivity index (χ0n) is 16.8. The topological polar surface area (TPSA) is 133 Å². The molecular weight excluding hydrogens is 380 g/mol. The second-order valence-electron chi connectivity index (χ2n) is 7.23. The minimum absolute atomic E-state index is 0.0968. The number of nitrogens with two attached hydrogens (primary N) is 1. The number of hydrogen-bond donors (Lipinski definition) is 3. The molecular formula is C19H32N4O4S. The zero-order valence-corrected chi connectivity index (χ0v) is 17.6. The van der Waals surface area contributed by atoms with Crippen LogP contribution in [-0.4, -0.2) is 58.3 Å². The lowest BCUT2D eigenvalue weighted by atomic mass is 10.0. The summed E-state index contributed by atoms with van der Waals surface area (Å²) in [6, 6.07) is 0. The first-order valence-corrected chi connectivity index (χ1v) is 10.8. The quantitative estimate of drug-likeness (QED) is 0.226. The average Bonchev–Trinajstić information content (AvgIpc) is 2.89. The molecule has 4 N–H and O–H groups in total. The molecule has 9 heteroatoms. The van der Waals surface area contributed by atoms with Crippen LogP contribution < -0.4 is 11.1 Å². The largest absolute Gasteiger partial charge is 0.369 e. The van der Waals surface area contributed by atoms with Crippen LogP contribution in [0, 0.1) is 11.3 Å². The Morgan fingerprint density at radius 1 is 1.29 bits per heavy atom. The van der Waals surface area contributed by atoms with Gasteiger partial charge in [-0.3, -0.25) is 24.1 Å². The monoisotopic (exact) mass is 412 g/mol. The molecule has 1 fully saturated rings. The molecule has 28 heavy (non-hydrogen) atoms. The van der Waals surface area contributed by atoms with Gasteiger partial charge in [0.2, 0.25) is 23.6 Å². The van der Waals surface area contributed by atoms with E-state index < -0.39 is 0 Å². The lowest BCUT2D eigenvalue weighted by Gasteiger charge is -2.15. The average molecular weight is 413 g/mol. The molecule has 8 nitrogen and oxygen atoms in total. The number of nitrogens with zero attached hydrogens (tertiary/aromatic N) is 1. The van der Waals surface area contributed by atoms with Crippen molar-refractivity contribution in [3.8, 4) is 0 Å². The van der Waals surface area contributed by atoms with Gasteiger partial charge in [0.25, 0.3) is 0 Å². The van der Waals surface area contributed by atoms with Crippen molar-refractivity contribution < 1.29 is 19.2 Å². The number of likely N-dealkylation sites (tertiary alicyclic amines) is 1. The Bertz CT molecular complexity index is 596. The number of carbonyl (C=O) groups is 4. The molecule has 0 aromatic rings. The maximum Gasteiger partial charge on any atom is 0.242 e. The third kappa shape index (κ3) is 8.86. The maximum absolute atomic E-state index is 12.3. The van der Waals surface area contributed by atoms with Gasteiger partial charge in [-0.2, -0.15) is 0 Å². The molecule has 1 heterocycles. The Hall–Kier alpha value is -1.90. The van der Waals surface area contributed by atoms with Crippen LogP contribution in [-0.2, 0) is 19.2 Å². The second kappa shape index (κ2) is 12.5. The van der Waals surface area contributed by atoms with Gasteiger partial charge in [-0.15, -0.1) is 11.8 Å². The summed E-state index contributed by atoms with van der Waals surface area (Å²) in [4.78, 5) is 48.4. The summed E-state index contributed by atoms with van der Waals surface area (Å²) in [5.74, 6) is -0.370. The third-order valence-corrected chi connectivity index (χ3v) is 5.95. The molecule has 0 bridgehead atoms. The van der Waals surface area contributed by atoms with Crippen LogP contribution >= 0.6 is 11.8 Å². The van der Waals surface area contributed by atoms with E-state index >= 15 is 0 Å². The second-order valence-corrected chi connectivity index (χ2v) is 8.54. The fourth-order valence-electron chi connectivity index (χ4n) is 2.83. The van der Waals surface area contributed by atoms with Gasteiger partial charge in [0.1, 0.15) is 0 Å². The molecule has 0 aliphatic carbocycles. The molecule has 1 aliphatic rings. The minimum Gasteiger partial charge on any atom is -0.369 e. The van der Waals surface area contributed by atoms with Gasteiger partial charge < -0.3 is 16.5 Å². The first-order valence-electron chi connectivity index (χ1n) is 9.78. The summed E-state index contributed by atoms with van der Waals surface area (Å²) in [6.45, 7) is 4.14. The Morgan fingerprint density at radius 2 is 2.00 bits per heavy atom. The number of nitrogens with one attached hydrogen (secondary N) is 2. The molecule has 1 rings (SSSR count). The van der Waals surface area contributed by atoms with Crippen LogP contribution in [0.3, 0.4) is 0 Å². The van der Waals surface area contributed by atoms with Crippen molar-refractivity contribution in [2.24, 2.45) is 11.7 Å². The maximum atomic E-state index is 12.3. The number of imide groups is 1. The van der Waals surface area contributed by atoms with E-state index in [9.17, 15) is 19.2 Å². The standard InChI is InChI=1S/C19H32N4O4S/c1-13(18(21)26)6-3-4-9-22-16(24)8-10-23-17(25)12-15(19(23)27)28-11-5-7-14(2)20/h13,15,20H,3-12H2,1-2H3,(H2,21,26)(H,22,24)/t13-,15?/m0/s1. The van der Waals surface area contributed by atoms with Crippen molar-refractivity contribution in [1.29, 1.82) is 5.41 Å². The Labute approximate surface area is 170 Å². The highest BCUT2D eigenvalue weighted by molar-refractivity contribution is 8.00. The number of unbranched alkanes of at least 4 members (excludes halogenated alkanes) is 1. The predicted octanol–water partition coefficient (Wildman–Crippen LogP) is 1.46. The predicted molar refractivity (Wildman–Crippen MR) is 110 cm³/mol. The normalized spacial score (nSPS) is 17.6. The van der Waals surface area contributed by atoms with Gasteiger partial charge in [-0.05, 0) is 38.4 Å². The molecule has 1 saturated heterocycles. The van der Waals surface area contributed by atoms with E-state index in [1.807, 2.05) is 0 Å². The third-order valence-electron chi connectivity index (χ3n) is 4.65. The molecule has 158 valence electrons. The van der Waals surface area contributed by atoms with E-state index in [1.54, 1.807) is 13.8 Å². The number of amides is 4. The molecule has 2 atom stereocenters. The van der Waals surface area contributed by atoms with Crippen LogP contribution in [0.2, 0.25) is 0 Å². The SMILES string of the molecule is CC(=N)CCCSC1CC(=O)N(CCC(=O)NCCCC[C@H](C)C(N)=O)C1=O. The van der Waals surface area contributed by atoms with Crippen LogP contribution in [0.25, 0.3) is 0 Å². The van der Waals surface area contributed by atoms with E-state index in [4.69, 9.17) is 11.1 Å². The Morgan fingerprint density at radius 3 is 2.64 bits per heavy atom. The van der Waals surface area contributed by atoms with Crippen molar-refractivity contribution >= 4 is 41.1 Å². The molecule has 1 aliphatic heterocycles. The van der Waals surface area contributed by atoms with Crippen molar-refractivity contribution in [1.82, 2.24) is 10.2 Å². The van der Waals surface area contributed by atoms with Gasteiger partial charge in [0, 0.05) is 37.6 Å². The summed E-state index contributed by atoms with van der Waals surface area (Å²) in [5, 5.41) is 9.80. The summed E-state index contributed by atoms with van der Waals surface area (Å²) in [6.07, 6.45) is 4.04.